The number of sulfonamides is 1. The molecule has 1 N–H and O–H groups in total. The van der Waals surface area contributed by atoms with Gasteiger partial charge in [-0.1, -0.05) is 48.9 Å². The molecule has 0 saturated heterocycles. The molecule has 0 bridgehead atoms. The molecular formula is C26H36ClN3O4S. The van der Waals surface area contributed by atoms with Crippen LogP contribution in [0.15, 0.2) is 42.5 Å². The van der Waals surface area contributed by atoms with E-state index in [0.717, 1.165) is 27.3 Å². The van der Waals surface area contributed by atoms with Gasteiger partial charge in [-0.15, -0.1) is 0 Å². The molecule has 0 aromatic heterocycles. The number of carbonyl (C=O) groups excluding carboxylic acids is 2. The van der Waals surface area contributed by atoms with E-state index in [4.69, 9.17) is 11.6 Å². The Balaban J connectivity index is 2.49. The van der Waals surface area contributed by atoms with E-state index in [9.17, 15) is 18.0 Å². The molecule has 0 saturated carbocycles. The number of carbonyl (C=O) groups is 2. The van der Waals surface area contributed by atoms with Crippen molar-refractivity contribution < 1.29 is 18.0 Å². The van der Waals surface area contributed by atoms with Crippen molar-refractivity contribution in [1.82, 2.24) is 10.2 Å². The average molecular weight is 522 g/mol. The number of hydrogen-bond donors (Lipinski definition) is 1. The Morgan fingerprint density at radius 2 is 1.69 bits per heavy atom. The summed E-state index contributed by atoms with van der Waals surface area (Å²) in [5, 5.41) is 3.35. The highest BCUT2D eigenvalue weighted by molar-refractivity contribution is 7.92. The summed E-state index contributed by atoms with van der Waals surface area (Å²) in [5.74, 6) is -0.766. The number of hydrogen-bond acceptors (Lipinski definition) is 4. The fraction of sp³-hybridized carbons (Fsp3) is 0.462. The Morgan fingerprint density at radius 1 is 1.06 bits per heavy atom. The fourth-order valence-electron chi connectivity index (χ4n) is 3.69. The van der Waals surface area contributed by atoms with Crippen molar-refractivity contribution >= 4 is 39.1 Å². The number of benzene rings is 2. The van der Waals surface area contributed by atoms with E-state index in [2.05, 4.69) is 5.32 Å². The van der Waals surface area contributed by atoms with E-state index < -0.39 is 34.1 Å². The number of anilines is 1. The second-order valence-corrected chi connectivity index (χ2v) is 12.1. The zero-order valence-corrected chi connectivity index (χ0v) is 23.1. The van der Waals surface area contributed by atoms with Crippen molar-refractivity contribution in [2.45, 2.75) is 66.1 Å². The molecule has 35 heavy (non-hydrogen) atoms. The molecule has 0 aliphatic rings. The third-order valence-corrected chi connectivity index (χ3v) is 7.16. The fourth-order valence-corrected chi connectivity index (χ4v) is 4.71. The van der Waals surface area contributed by atoms with Gasteiger partial charge in [0.1, 0.15) is 12.6 Å². The first kappa shape index (κ1) is 28.7. The van der Waals surface area contributed by atoms with Gasteiger partial charge in [0, 0.05) is 17.1 Å². The van der Waals surface area contributed by atoms with Gasteiger partial charge in [-0.05, 0) is 69.9 Å². The number of halogens is 1. The van der Waals surface area contributed by atoms with Crippen LogP contribution >= 0.6 is 11.6 Å². The molecule has 2 rings (SSSR count). The number of nitrogens with zero attached hydrogens (tertiary/aromatic N) is 2. The lowest BCUT2D eigenvalue weighted by Crippen LogP contribution is -2.55. The van der Waals surface area contributed by atoms with E-state index in [1.54, 1.807) is 12.1 Å². The van der Waals surface area contributed by atoms with Gasteiger partial charge in [-0.25, -0.2) is 8.42 Å². The monoisotopic (exact) mass is 521 g/mol. The van der Waals surface area contributed by atoms with E-state index in [1.165, 1.54) is 11.0 Å². The van der Waals surface area contributed by atoms with Crippen LogP contribution in [0.2, 0.25) is 5.02 Å². The molecule has 0 unspecified atom stereocenters. The summed E-state index contributed by atoms with van der Waals surface area (Å²) < 4.78 is 26.4. The van der Waals surface area contributed by atoms with Crippen LogP contribution in [0.4, 0.5) is 5.69 Å². The summed E-state index contributed by atoms with van der Waals surface area (Å²) >= 11 is 6.24. The van der Waals surface area contributed by atoms with Crippen LogP contribution in [-0.2, 0) is 26.2 Å². The summed E-state index contributed by atoms with van der Waals surface area (Å²) in [6, 6.07) is 11.7. The summed E-state index contributed by atoms with van der Waals surface area (Å²) in [6.45, 7) is 10.9. The quantitative estimate of drug-likeness (QED) is 0.528. The number of aryl methyl sites for hydroxylation is 2. The van der Waals surface area contributed by atoms with Crippen molar-refractivity contribution in [1.29, 1.82) is 0 Å². The standard InChI is InChI=1S/C26H36ClN3O4S/c1-8-23(25(32)28-26(4,5)6)29(16-20-12-10-9-11-18(20)2)24(31)17-30(35(7,33)34)21-14-13-19(3)22(27)15-21/h9-15,23H,8,16-17H2,1-7H3,(H,28,32)/t23-/m0/s1. The Hall–Kier alpha value is -2.58. The lowest BCUT2D eigenvalue weighted by molar-refractivity contribution is -0.141. The smallest absolute Gasteiger partial charge is 0.244 e. The van der Waals surface area contributed by atoms with Crippen LogP contribution in [0.3, 0.4) is 0 Å². The minimum absolute atomic E-state index is 0.174. The molecule has 2 aromatic rings. The molecule has 0 heterocycles. The first-order valence-corrected chi connectivity index (χ1v) is 13.8. The van der Waals surface area contributed by atoms with Crippen LogP contribution in [-0.4, -0.2) is 49.5 Å². The predicted molar refractivity (Wildman–Crippen MR) is 142 cm³/mol. The summed E-state index contributed by atoms with van der Waals surface area (Å²) in [6.07, 6.45) is 1.41. The molecule has 9 heteroatoms. The minimum atomic E-state index is -3.81. The van der Waals surface area contributed by atoms with Gasteiger partial charge in [0.2, 0.25) is 21.8 Å². The topological polar surface area (TPSA) is 86.8 Å². The molecule has 0 aliphatic carbocycles. The SMILES string of the molecule is CC[C@@H](C(=O)NC(C)(C)C)N(Cc1ccccc1C)C(=O)CN(c1ccc(C)c(Cl)c1)S(C)(=O)=O. The molecule has 7 nitrogen and oxygen atoms in total. The van der Waals surface area contributed by atoms with Gasteiger partial charge >= 0.3 is 0 Å². The van der Waals surface area contributed by atoms with E-state index >= 15 is 0 Å². The van der Waals surface area contributed by atoms with Crippen molar-refractivity contribution in [3.05, 3.63) is 64.2 Å². The Bertz CT molecular complexity index is 1180. The van der Waals surface area contributed by atoms with Gasteiger partial charge in [0.25, 0.3) is 0 Å². The van der Waals surface area contributed by atoms with Crippen LogP contribution in [0.25, 0.3) is 0 Å². The summed E-state index contributed by atoms with van der Waals surface area (Å²) in [5.41, 5.74) is 2.45. The Morgan fingerprint density at radius 3 is 2.20 bits per heavy atom. The zero-order valence-electron chi connectivity index (χ0n) is 21.6. The Kier molecular flexibility index (Phi) is 9.36. The lowest BCUT2D eigenvalue weighted by atomic mass is 10.0. The van der Waals surface area contributed by atoms with E-state index in [0.29, 0.717) is 17.1 Å². The molecule has 2 aromatic carbocycles. The van der Waals surface area contributed by atoms with Crippen LogP contribution in [0, 0.1) is 13.8 Å². The number of rotatable bonds is 9. The van der Waals surface area contributed by atoms with Gasteiger partial charge in [0.05, 0.1) is 11.9 Å². The third-order valence-electron chi connectivity index (χ3n) is 5.61. The van der Waals surface area contributed by atoms with Crippen LogP contribution < -0.4 is 9.62 Å². The number of nitrogens with one attached hydrogen (secondary N) is 1. The molecule has 1 atom stereocenters. The van der Waals surface area contributed by atoms with Gasteiger partial charge < -0.3 is 10.2 Å². The second kappa shape index (κ2) is 11.4. The summed E-state index contributed by atoms with van der Waals surface area (Å²) in [4.78, 5) is 28.4. The Labute approximate surface area is 214 Å². The first-order chi connectivity index (χ1) is 16.1. The maximum atomic E-state index is 13.7. The zero-order chi connectivity index (χ0) is 26.6. The first-order valence-electron chi connectivity index (χ1n) is 11.5. The van der Waals surface area contributed by atoms with Gasteiger partial charge in [-0.2, -0.15) is 0 Å². The molecular weight excluding hydrogens is 486 g/mol. The molecule has 0 aliphatic heterocycles. The minimum Gasteiger partial charge on any atom is -0.350 e. The highest BCUT2D eigenvalue weighted by Crippen LogP contribution is 2.26. The molecule has 0 fully saturated rings. The van der Waals surface area contributed by atoms with Crippen molar-refractivity contribution in [2.75, 3.05) is 17.1 Å². The van der Waals surface area contributed by atoms with Crippen molar-refractivity contribution in [3.8, 4) is 0 Å². The molecule has 0 radical (unpaired) electrons. The predicted octanol–water partition coefficient (Wildman–Crippen LogP) is 4.44. The van der Waals surface area contributed by atoms with Crippen LogP contribution in [0.1, 0.15) is 50.8 Å². The van der Waals surface area contributed by atoms with Crippen LogP contribution in [0.5, 0.6) is 0 Å². The normalized spacial score (nSPS) is 12.7. The highest BCUT2D eigenvalue weighted by atomic mass is 35.5. The average Bonchev–Trinajstić information content (AvgIpc) is 2.73. The highest BCUT2D eigenvalue weighted by Gasteiger charge is 2.33. The van der Waals surface area contributed by atoms with E-state index in [1.807, 2.05) is 65.8 Å². The second-order valence-electron chi connectivity index (χ2n) is 9.81. The van der Waals surface area contributed by atoms with Gasteiger partial charge in [0.15, 0.2) is 0 Å². The molecule has 192 valence electrons. The summed E-state index contributed by atoms with van der Waals surface area (Å²) in [7, 11) is -3.81. The largest absolute Gasteiger partial charge is 0.350 e. The van der Waals surface area contributed by atoms with E-state index in [-0.39, 0.29) is 12.5 Å². The maximum absolute atomic E-state index is 13.7. The van der Waals surface area contributed by atoms with Crippen molar-refractivity contribution in [3.63, 3.8) is 0 Å². The van der Waals surface area contributed by atoms with Crippen molar-refractivity contribution in [2.24, 2.45) is 0 Å². The van der Waals surface area contributed by atoms with Gasteiger partial charge in [-0.3, -0.25) is 13.9 Å². The maximum Gasteiger partial charge on any atom is 0.244 e. The lowest BCUT2D eigenvalue weighted by Gasteiger charge is -2.34. The third kappa shape index (κ3) is 7.97. The number of amides is 2. The molecule has 0 spiro atoms. The molecule has 2 amide bonds.